The molecule has 0 amide bonds. The number of hydrogen-bond donors (Lipinski definition) is 0. The number of fused-ring (bicyclic) bond motifs is 1. The number of allylic oxidation sites excluding steroid dienone is 1. The molecule has 0 N–H and O–H groups in total. The summed E-state index contributed by atoms with van der Waals surface area (Å²) in [6.45, 7) is 2.40. The van der Waals surface area contributed by atoms with Crippen molar-refractivity contribution in [2.24, 2.45) is 0 Å². The number of benzene rings is 2. The summed E-state index contributed by atoms with van der Waals surface area (Å²) in [4.78, 5) is 0. The first-order valence-corrected chi connectivity index (χ1v) is 6.89. The summed E-state index contributed by atoms with van der Waals surface area (Å²) < 4.78 is 19.8. The van der Waals surface area contributed by atoms with Gasteiger partial charge in [0.2, 0.25) is 0 Å². The van der Waals surface area contributed by atoms with Gasteiger partial charge in [0.05, 0.1) is 0 Å². The van der Waals surface area contributed by atoms with Crippen LogP contribution in [-0.4, -0.2) is 0 Å². The molecule has 0 saturated carbocycles. The Kier molecular flexibility index (Phi) is 3.55. The van der Waals surface area contributed by atoms with E-state index in [1.165, 1.54) is 0 Å². The third-order valence-electron chi connectivity index (χ3n) is 3.71. The number of aryl methyl sites for hydroxylation is 1. The van der Waals surface area contributed by atoms with Crippen molar-refractivity contribution in [2.75, 3.05) is 0 Å². The molecular weight excluding hydrogens is 251 g/mol. The molecule has 0 aromatic heterocycles. The molecule has 0 spiro atoms. The van der Waals surface area contributed by atoms with Gasteiger partial charge in [-0.2, -0.15) is 0 Å². The van der Waals surface area contributed by atoms with Gasteiger partial charge in [0.1, 0.15) is 18.2 Å². The number of ether oxygens (including phenoxy) is 1. The van der Waals surface area contributed by atoms with Gasteiger partial charge in [-0.25, -0.2) is 4.39 Å². The predicted octanol–water partition coefficient (Wildman–Crippen LogP) is 4.91. The Balaban J connectivity index is 1.77. The summed E-state index contributed by atoms with van der Waals surface area (Å²) in [5, 5.41) is 0. The number of hydrogen-bond acceptors (Lipinski definition) is 1. The van der Waals surface area contributed by atoms with E-state index in [-0.39, 0.29) is 5.83 Å². The predicted molar refractivity (Wildman–Crippen MR) is 79.2 cm³/mol. The molecule has 0 bridgehead atoms. The zero-order chi connectivity index (χ0) is 13.9. The minimum Gasteiger partial charge on any atom is -0.489 e. The van der Waals surface area contributed by atoms with Crippen LogP contribution < -0.4 is 4.74 Å². The summed E-state index contributed by atoms with van der Waals surface area (Å²) in [5.74, 6) is 0.737. The van der Waals surface area contributed by atoms with Crippen LogP contribution in [0.15, 0.2) is 54.1 Å². The molecule has 2 aromatic rings. The Morgan fingerprint density at radius 3 is 2.65 bits per heavy atom. The van der Waals surface area contributed by atoms with Crippen molar-refractivity contribution >= 4 is 5.83 Å². The van der Waals surface area contributed by atoms with Crippen LogP contribution in [0.3, 0.4) is 0 Å². The third-order valence-corrected chi connectivity index (χ3v) is 3.71. The van der Waals surface area contributed by atoms with Crippen LogP contribution in [0.5, 0.6) is 5.75 Å². The Morgan fingerprint density at radius 2 is 1.85 bits per heavy atom. The molecule has 0 fully saturated rings. The molecule has 3 rings (SSSR count). The Morgan fingerprint density at radius 1 is 1.05 bits per heavy atom. The molecule has 102 valence electrons. The van der Waals surface area contributed by atoms with Crippen LogP contribution in [0, 0.1) is 0 Å². The second-order valence-corrected chi connectivity index (χ2v) is 5.19. The zero-order valence-corrected chi connectivity index (χ0v) is 11.5. The summed E-state index contributed by atoms with van der Waals surface area (Å²) >= 11 is 0. The van der Waals surface area contributed by atoms with Gasteiger partial charge < -0.3 is 4.74 Å². The highest BCUT2D eigenvalue weighted by Crippen LogP contribution is 2.34. The standard InChI is InChI=1S/C18H17FO/c1-13-7-8-15-11-16(9-10-17(15)18(13)19)20-12-14-5-3-2-4-6-14/h2-6,9-11H,7-8,12H2,1H3. The molecule has 0 unspecified atom stereocenters. The van der Waals surface area contributed by atoms with Crippen LogP contribution in [0.2, 0.25) is 0 Å². The highest BCUT2D eigenvalue weighted by Gasteiger charge is 2.16. The van der Waals surface area contributed by atoms with Crippen LogP contribution in [-0.2, 0) is 13.0 Å². The lowest BCUT2D eigenvalue weighted by Crippen LogP contribution is -2.02. The van der Waals surface area contributed by atoms with Crippen LogP contribution in [0.1, 0.15) is 30.0 Å². The lowest BCUT2D eigenvalue weighted by molar-refractivity contribution is 0.306. The fourth-order valence-corrected chi connectivity index (χ4v) is 2.48. The first-order chi connectivity index (χ1) is 9.74. The van der Waals surface area contributed by atoms with Crippen molar-refractivity contribution in [2.45, 2.75) is 26.4 Å². The Bertz CT molecular complexity index is 644. The monoisotopic (exact) mass is 268 g/mol. The SMILES string of the molecule is CC1=C(F)c2ccc(OCc3ccccc3)cc2CC1. The molecule has 0 radical (unpaired) electrons. The largest absolute Gasteiger partial charge is 0.489 e. The van der Waals surface area contributed by atoms with Crippen molar-refractivity contribution in [3.8, 4) is 5.75 Å². The van der Waals surface area contributed by atoms with E-state index in [9.17, 15) is 4.39 Å². The van der Waals surface area contributed by atoms with E-state index in [1.807, 2.05) is 55.5 Å². The maximum atomic E-state index is 14.0. The highest BCUT2D eigenvalue weighted by molar-refractivity contribution is 5.68. The second-order valence-electron chi connectivity index (χ2n) is 5.19. The van der Waals surface area contributed by atoms with Crippen molar-refractivity contribution in [3.63, 3.8) is 0 Å². The van der Waals surface area contributed by atoms with Crippen molar-refractivity contribution in [1.29, 1.82) is 0 Å². The topological polar surface area (TPSA) is 9.23 Å². The summed E-state index contributed by atoms with van der Waals surface area (Å²) in [6, 6.07) is 15.7. The van der Waals surface area contributed by atoms with Gasteiger partial charge in [0.25, 0.3) is 0 Å². The quantitative estimate of drug-likeness (QED) is 0.768. The molecule has 1 aliphatic carbocycles. The van der Waals surface area contributed by atoms with Gasteiger partial charge in [0, 0.05) is 5.56 Å². The molecule has 0 atom stereocenters. The lowest BCUT2D eigenvalue weighted by atomic mass is 9.92. The summed E-state index contributed by atoms with van der Waals surface area (Å²) in [7, 11) is 0. The van der Waals surface area contributed by atoms with Crippen LogP contribution in [0.25, 0.3) is 5.83 Å². The van der Waals surface area contributed by atoms with Gasteiger partial charge in [0.15, 0.2) is 0 Å². The van der Waals surface area contributed by atoms with E-state index in [1.54, 1.807) is 0 Å². The normalized spacial score (nSPS) is 14.1. The fourth-order valence-electron chi connectivity index (χ4n) is 2.48. The van der Waals surface area contributed by atoms with E-state index in [0.717, 1.165) is 40.9 Å². The smallest absolute Gasteiger partial charge is 0.129 e. The minimum absolute atomic E-state index is 0.0686. The van der Waals surface area contributed by atoms with Gasteiger partial charge in [-0.05, 0) is 54.7 Å². The van der Waals surface area contributed by atoms with E-state index in [0.29, 0.717) is 6.61 Å². The fraction of sp³-hybridized carbons (Fsp3) is 0.222. The van der Waals surface area contributed by atoms with Crippen molar-refractivity contribution in [1.82, 2.24) is 0 Å². The van der Waals surface area contributed by atoms with Crippen LogP contribution in [0.4, 0.5) is 4.39 Å². The van der Waals surface area contributed by atoms with Gasteiger partial charge in [-0.3, -0.25) is 0 Å². The molecule has 1 aliphatic rings. The molecule has 1 nitrogen and oxygen atoms in total. The van der Waals surface area contributed by atoms with Gasteiger partial charge >= 0.3 is 0 Å². The molecule has 0 aliphatic heterocycles. The van der Waals surface area contributed by atoms with Gasteiger partial charge in [-0.1, -0.05) is 30.3 Å². The number of halogens is 1. The number of rotatable bonds is 3. The third kappa shape index (κ3) is 2.60. The van der Waals surface area contributed by atoms with Crippen molar-refractivity contribution in [3.05, 3.63) is 70.8 Å². The second kappa shape index (κ2) is 5.49. The van der Waals surface area contributed by atoms with Crippen LogP contribution >= 0.6 is 0 Å². The maximum Gasteiger partial charge on any atom is 0.129 e. The zero-order valence-electron chi connectivity index (χ0n) is 11.5. The lowest BCUT2D eigenvalue weighted by Gasteiger charge is -2.17. The molecule has 2 aromatic carbocycles. The van der Waals surface area contributed by atoms with E-state index in [4.69, 9.17) is 4.74 Å². The van der Waals surface area contributed by atoms with E-state index >= 15 is 0 Å². The molecular formula is C18H17FO. The van der Waals surface area contributed by atoms with E-state index in [2.05, 4.69) is 0 Å². The molecule has 20 heavy (non-hydrogen) atoms. The molecule has 2 heteroatoms. The maximum absolute atomic E-state index is 14.0. The first kappa shape index (κ1) is 12.9. The summed E-state index contributed by atoms with van der Waals surface area (Å²) in [5.41, 5.74) is 3.74. The minimum atomic E-state index is -0.0686. The Hall–Kier alpha value is -2.09. The first-order valence-electron chi connectivity index (χ1n) is 6.89. The van der Waals surface area contributed by atoms with Gasteiger partial charge in [-0.15, -0.1) is 0 Å². The molecule has 0 heterocycles. The summed E-state index contributed by atoms with van der Waals surface area (Å²) in [6.07, 6.45) is 1.68. The average Bonchev–Trinajstić information content (AvgIpc) is 2.50. The van der Waals surface area contributed by atoms with Crippen molar-refractivity contribution < 1.29 is 9.13 Å². The molecule has 0 saturated heterocycles. The van der Waals surface area contributed by atoms with E-state index < -0.39 is 0 Å². The highest BCUT2D eigenvalue weighted by atomic mass is 19.1. The average molecular weight is 268 g/mol. The Labute approximate surface area is 118 Å².